The Kier molecular flexibility index (Phi) is 4.41. The van der Waals surface area contributed by atoms with Gasteiger partial charge in [0.1, 0.15) is 11.8 Å². The Morgan fingerprint density at radius 1 is 1.37 bits per heavy atom. The van der Waals surface area contributed by atoms with Gasteiger partial charge in [-0.05, 0) is 36.2 Å². The van der Waals surface area contributed by atoms with Crippen LogP contribution in [0.3, 0.4) is 0 Å². The SMILES string of the molecule is CC(NCc1cc(C#N)n(C)c1)c1ccc(Br)cc1. The van der Waals surface area contributed by atoms with Crippen LogP contribution in [0, 0.1) is 11.3 Å². The Bertz CT molecular complexity index is 593. The molecule has 2 aromatic rings. The van der Waals surface area contributed by atoms with E-state index in [1.54, 1.807) is 0 Å². The first-order valence-electron chi connectivity index (χ1n) is 6.14. The van der Waals surface area contributed by atoms with E-state index in [0.29, 0.717) is 5.69 Å². The van der Waals surface area contributed by atoms with Gasteiger partial charge in [-0.3, -0.25) is 0 Å². The Morgan fingerprint density at radius 3 is 2.63 bits per heavy atom. The molecule has 0 spiro atoms. The number of nitrogens with one attached hydrogen (secondary N) is 1. The highest BCUT2D eigenvalue weighted by Crippen LogP contribution is 2.17. The molecule has 2 rings (SSSR count). The molecular weight excluding hydrogens is 302 g/mol. The van der Waals surface area contributed by atoms with Crippen LogP contribution in [0.4, 0.5) is 0 Å². The van der Waals surface area contributed by atoms with Gasteiger partial charge in [0, 0.05) is 30.3 Å². The van der Waals surface area contributed by atoms with Crippen molar-refractivity contribution in [2.24, 2.45) is 7.05 Å². The smallest absolute Gasteiger partial charge is 0.120 e. The van der Waals surface area contributed by atoms with Crippen molar-refractivity contribution in [3.63, 3.8) is 0 Å². The number of hydrogen-bond donors (Lipinski definition) is 1. The highest BCUT2D eigenvalue weighted by Gasteiger charge is 2.06. The van der Waals surface area contributed by atoms with Crippen LogP contribution in [0.25, 0.3) is 0 Å². The largest absolute Gasteiger partial charge is 0.342 e. The number of nitrogens with zero attached hydrogens (tertiary/aromatic N) is 2. The van der Waals surface area contributed by atoms with Crippen LogP contribution >= 0.6 is 15.9 Å². The maximum absolute atomic E-state index is 8.92. The average molecular weight is 318 g/mol. The van der Waals surface area contributed by atoms with E-state index in [1.807, 2.05) is 36.0 Å². The normalized spacial score (nSPS) is 12.1. The molecule has 0 aliphatic carbocycles. The molecule has 98 valence electrons. The highest BCUT2D eigenvalue weighted by atomic mass is 79.9. The minimum absolute atomic E-state index is 0.277. The Hall–Kier alpha value is -1.57. The van der Waals surface area contributed by atoms with Gasteiger partial charge in [0.05, 0.1) is 0 Å². The Balaban J connectivity index is 1.98. The molecule has 1 unspecified atom stereocenters. The summed E-state index contributed by atoms with van der Waals surface area (Å²) in [5.74, 6) is 0. The summed E-state index contributed by atoms with van der Waals surface area (Å²) in [5.41, 5.74) is 3.07. The van der Waals surface area contributed by atoms with Crippen LogP contribution < -0.4 is 5.32 Å². The molecule has 19 heavy (non-hydrogen) atoms. The van der Waals surface area contributed by atoms with Crippen LogP contribution in [0.2, 0.25) is 0 Å². The number of rotatable bonds is 4. The maximum Gasteiger partial charge on any atom is 0.120 e. The summed E-state index contributed by atoms with van der Waals surface area (Å²) in [6.07, 6.45) is 1.99. The van der Waals surface area contributed by atoms with E-state index in [0.717, 1.165) is 16.6 Å². The van der Waals surface area contributed by atoms with Gasteiger partial charge in [0.15, 0.2) is 0 Å². The predicted molar refractivity (Wildman–Crippen MR) is 79.5 cm³/mol. The van der Waals surface area contributed by atoms with Gasteiger partial charge in [0.25, 0.3) is 0 Å². The van der Waals surface area contributed by atoms with E-state index in [9.17, 15) is 0 Å². The summed E-state index contributed by atoms with van der Waals surface area (Å²) in [6.45, 7) is 2.89. The number of aryl methyl sites for hydroxylation is 1. The lowest BCUT2D eigenvalue weighted by molar-refractivity contribution is 0.574. The molecular formula is C15H16BrN3. The lowest BCUT2D eigenvalue weighted by atomic mass is 10.1. The van der Waals surface area contributed by atoms with E-state index < -0.39 is 0 Å². The standard InChI is InChI=1S/C15H16BrN3/c1-11(13-3-5-14(16)6-4-13)18-9-12-7-15(8-17)19(2)10-12/h3-7,10-11,18H,9H2,1-2H3. The van der Waals surface area contributed by atoms with Gasteiger partial charge >= 0.3 is 0 Å². The van der Waals surface area contributed by atoms with E-state index in [4.69, 9.17) is 5.26 Å². The third-order valence-corrected chi connectivity index (χ3v) is 3.69. The van der Waals surface area contributed by atoms with Gasteiger partial charge in [0.2, 0.25) is 0 Å². The van der Waals surface area contributed by atoms with Gasteiger partial charge < -0.3 is 9.88 Å². The fourth-order valence-electron chi connectivity index (χ4n) is 1.98. The number of benzene rings is 1. The lowest BCUT2D eigenvalue weighted by Crippen LogP contribution is -2.17. The summed E-state index contributed by atoms with van der Waals surface area (Å²) in [5, 5.41) is 12.4. The lowest BCUT2D eigenvalue weighted by Gasteiger charge is -2.13. The predicted octanol–water partition coefficient (Wildman–Crippen LogP) is 3.51. The fourth-order valence-corrected chi connectivity index (χ4v) is 2.25. The van der Waals surface area contributed by atoms with Crippen molar-refractivity contribution in [2.45, 2.75) is 19.5 Å². The van der Waals surface area contributed by atoms with Crippen molar-refractivity contribution in [3.05, 3.63) is 57.8 Å². The van der Waals surface area contributed by atoms with E-state index in [2.05, 4.69) is 46.4 Å². The molecule has 0 radical (unpaired) electrons. The van der Waals surface area contributed by atoms with Crippen molar-refractivity contribution in [1.82, 2.24) is 9.88 Å². The Morgan fingerprint density at radius 2 is 2.05 bits per heavy atom. The number of aromatic nitrogens is 1. The van der Waals surface area contributed by atoms with Gasteiger partial charge in [-0.25, -0.2) is 0 Å². The van der Waals surface area contributed by atoms with Crippen LogP contribution in [-0.2, 0) is 13.6 Å². The monoisotopic (exact) mass is 317 g/mol. The molecule has 1 atom stereocenters. The summed E-state index contributed by atoms with van der Waals surface area (Å²) < 4.78 is 2.94. The zero-order valence-electron chi connectivity index (χ0n) is 11.0. The molecule has 1 aromatic carbocycles. The molecule has 0 saturated heterocycles. The molecule has 3 nitrogen and oxygen atoms in total. The number of halogens is 1. The van der Waals surface area contributed by atoms with Crippen molar-refractivity contribution in [1.29, 1.82) is 5.26 Å². The number of hydrogen-bond acceptors (Lipinski definition) is 2. The second-order valence-electron chi connectivity index (χ2n) is 4.61. The molecule has 0 saturated carbocycles. The van der Waals surface area contributed by atoms with Crippen molar-refractivity contribution >= 4 is 15.9 Å². The zero-order chi connectivity index (χ0) is 13.8. The van der Waals surface area contributed by atoms with Crippen LogP contribution in [-0.4, -0.2) is 4.57 Å². The van der Waals surface area contributed by atoms with Crippen molar-refractivity contribution in [3.8, 4) is 6.07 Å². The van der Waals surface area contributed by atoms with Gasteiger partial charge in [-0.15, -0.1) is 0 Å². The van der Waals surface area contributed by atoms with Gasteiger partial charge in [-0.2, -0.15) is 5.26 Å². The third kappa shape index (κ3) is 3.46. The summed E-state index contributed by atoms with van der Waals surface area (Å²) in [7, 11) is 1.89. The minimum Gasteiger partial charge on any atom is -0.342 e. The average Bonchev–Trinajstić information content (AvgIpc) is 2.77. The van der Waals surface area contributed by atoms with E-state index in [1.165, 1.54) is 5.56 Å². The van der Waals surface area contributed by atoms with Crippen molar-refractivity contribution < 1.29 is 0 Å². The molecule has 1 heterocycles. The zero-order valence-corrected chi connectivity index (χ0v) is 12.6. The summed E-state index contributed by atoms with van der Waals surface area (Å²) >= 11 is 3.44. The van der Waals surface area contributed by atoms with Crippen LogP contribution in [0.1, 0.15) is 29.8 Å². The van der Waals surface area contributed by atoms with E-state index >= 15 is 0 Å². The topological polar surface area (TPSA) is 40.8 Å². The molecule has 0 fully saturated rings. The Labute approximate surface area is 122 Å². The maximum atomic E-state index is 8.92. The summed E-state index contributed by atoms with van der Waals surface area (Å²) in [6, 6.07) is 12.7. The third-order valence-electron chi connectivity index (χ3n) is 3.16. The molecule has 0 aliphatic rings. The van der Waals surface area contributed by atoms with Gasteiger partial charge in [-0.1, -0.05) is 28.1 Å². The second-order valence-corrected chi connectivity index (χ2v) is 5.53. The summed E-state index contributed by atoms with van der Waals surface area (Å²) in [4.78, 5) is 0. The quantitative estimate of drug-likeness (QED) is 0.937. The van der Waals surface area contributed by atoms with E-state index in [-0.39, 0.29) is 6.04 Å². The second kappa shape index (κ2) is 6.05. The molecule has 1 aromatic heterocycles. The first kappa shape index (κ1) is 13.9. The molecule has 0 bridgehead atoms. The fraction of sp³-hybridized carbons (Fsp3) is 0.267. The minimum atomic E-state index is 0.277. The first-order valence-corrected chi connectivity index (χ1v) is 6.93. The van der Waals surface area contributed by atoms with Crippen molar-refractivity contribution in [2.75, 3.05) is 0 Å². The van der Waals surface area contributed by atoms with Crippen LogP contribution in [0.5, 0.6) is 0 Å². The first-order chi connectivity index (χ1) is 9.10. The molecule has 1 N–H and O–H groups in total. The van der Waals surface area contributed by atoms with Crippen LogP contribution in [0.15, 0.2) is 41.0 Å². The molecule has 0 amide bonds. The highest BCUT2D eigenvalue weighted by molar-refractivity contribution is 9.10. The number of nitriles is 1. The molecule has 0 aliphatic heterocycles. The molecule has 4 heteroatoms.